The molecular formula is C16H15NO2. The zero-order valence-electron chi connectivity index (χ0n) is 10.5. The molecule has 3 heteroatoms. The van der Waals surface area contributed by atoms with E-state index in [1.165, 1.54) is 11.1 Å². The van der Waals surface area contributed by atoms with Gasteiger partial charge in [0.25, 0.3) is 0 Å². The van der Waals surface area contributed by atoms with Gasteiger partial charge in [0.1, 0.15) is 11.8 Å². The number of nitrogens with one attached hydrogen (secondary N) is 1. The second-order valence-electron chi connectivity index (χ2n) is 4.64. The van der Waals surface area contributed by atoms with Gasteiger partial charge >= 0.3 is 5.97 Å². The maximum atomic E-state index is 12.1. The lowest BCUT2D eigenvalue weighted by Crippen LogP contribution is -2.43. The number of carbonyl (C=O) groups is 1. The summed E-state index contributed by atoms with van der Waals surface area (Å²) in [5.74, 6) is 0.369. The predicted octanol–water partition coefficient (Wildman–Crippen LogP) is 2.31. The van der Waals surface area contributed by atoms with Crippen LogP contribution < -0.4 is 10.1 Å². The Labute approximate surface area is 112 Å². The van der Waals surface area contributed by atoms with E-state index in [1.54, 1.807) is 12.1 Å². The number of benzene rings is 2. The Morgan fingerprint density at radius 3 is 2.47 bits per heavy atom. The van der Waals surface area contributed by atoms with E-state index in [2.05, 4.69) is 17.4 Å². The summed E-state index contributed by atoms with van der Waals surface area (Å²) in [6, 6.07) is 17.1. The van der Waals surface area contributed by atoms with Crippen molar-refractivity contribution in [2.45, 2.75) is 19.0 Å². The molecular weight excluding hydrogens is 238 g/mol. The summed E-state index contributed by atoms with van der Waals surface area (Å²) in [4.78, 5) is 12.1. The lowest BCUT2D eigenvalue weighted by atomic mass is 9.96. The number of para-hydroxylation sites is 1. The van der Waals surface area contributed by atoms with Crippen LogP contribution in [0.4, 0.5) is 0 Å². The van der Waals surface area contributed by atoms with Crippen molar-refractivity contribution in [2.75, 3.05) is 0 Å². The Balaban J connectivity index is 1.70. The SMILES string of the molecule is O=C(Oc1ccccc1)[C@@H]1Cc2ccccc2CN1. The molecule has 3 nitrogen and oxygen atoms in total. The highest BCUT2D eigenvalue weighted by atomic mass is 16.5. The van der Waals surface area contributed by atoms with Gasteiger partial charge in [0.15, 0.2) is 0 Å². The maximum absolute atomic E-state index is 12.1. The second-order valence-corrected chi connectivity index (χ2v) is 4.64. The highest BCUT2D eigenvalue weighted by Gasteiger charge is 2.25. The Morgan fingerprint density at radius 2 is 1.68 bits per heavy atom. The van der Waals surface area contributed by atoms with Crippen molar-refractivity contribution in [3.63, 3.8) is 0 Å². The number of hydrogen-bond acceptors (Lipinski definition) is 3. The number of rotatable bonds is 2. The monoisotopic (exact) mass is 253 g/mol. The second kappa shape index (κ2) is 5.24. The fourth-order valence-corrected chi connectivity index (χ4v) is 2.30. The molecule has 2 aromatic carbocycles. The molecule has 0 saturated carbocycles. The van der Waals surface area contributed by atoms with Crippen LogP contribution in [0.2, 0.25) is 0 Å². The normalized spacial score (nSPS) is 17.6. The molecule has 1 aliphatic rings. The van der Waals surface area contributed by atoms with Gasteiger partial charge in [-0.05, 0) is 29.7 Å². The molecule has 0 fully saturated rings. The third-order valence-electron chi connectivity index (χ3n) is 3.33. The maximum Gasteiger partial charge on any atom is 0.328 e. The van der Waals surface area contributed by atoms with Crippen molar-refractivity contribution < 1.29 is 9.53 Å². The molecule has 0 aromatic heterocycles. The van der Waals surface area contributed by atoms with E-state index in [-0.39, 0.29) is 12.0 Å². The fourth-order valence-electron chi connectivity index (χ4n) is 2.30. The van der Waals surface area contributed by atoms with Crippen molar-refractivity contribution in [1.82, 2.24) is 5.32 Å². The lowest BCUT2D eigenvalue weighted by Gasteiger charge is -2.24. The van der Waals surface area contributed by atoms with Gasteiger partial charge in [-0.15, -0.1) is 0 Å². The molecule has 1 aliphatic heterocycles. The molecule has 1 heterocycles. The summed E-state index contributed by atoms with van der Waals surface area (Å²) in [5.41, 5.74) is 2.47. The van der Waals surface area contributed by atoms with E-state index in [4.69, 9.17) is 4.74 Å². The molecule has 19 heavy (non-hydrogen) atoms. The van der Waals surface area contributed by atoms with Crippen LogP contribution in [-0.4, -0.2) is 12.0 Å². The minimum Gasteiger partial charge on any atom is -0.425 e. The van der Waals surface area contributed by atoms with Gasteiger partial charge in [0.2, 0.25) is 0 Å². The van der Waals surface area contributed by atoms with E-state index in [9.17, 15) is 4.79 Å². The Morgan fingerprint density at radius 1 is 1.00 bits per heavy atom. The number of fused-ring (bicyclic) bond motifs is 1. The summed E-state index contributed by atoms with van der Waals surface area (Å²) in [6.45, 7) is 0.713. The molecule has 0 aliphatic carbocycles. The van der Waals surface area contributed by atoms with Gasteiger partial charge in [-0.1, -0.05) is 42.5 Å². The Hall–Kier alpha value is -2.13. The van der Waals surface area contributed by atoms with Crippen LogP contribution in [0, 0.1) is 0 Å². The Kier molecular flexibility index (Phi) is 3.29. The standard InChI is InChI=1S/C16H15NO2/c18-16(19-14-8-2-1-3-9-14)15-10-12-6-4-5-7-13(12)11-17-15/h1-9,15,17H,10-11H2/t15-/m0/s1. The molecule has 1 atom stereocenters. The van der Waals surface area contributed by atoms with Crippen LogP contribution in [0.5, 0.6) is 5.75 Å². The Bertz CT molecular complexity index is 580. The average molecular weight is 253 g/mol. The summed E-state index contributed by atoms with van der Waals surface area (Å²) >= 11 is 0. The first-order chi connectivity index (χ1) is 9.33. The van der Waals surface area contributed by atoms with Crippen molar-refractivity contribution in [3.8, 4) is 5.75 Å². The average Bonchev–Trinajstić information content (AvgIpc) is 2.48. The van der Waals surface area contributed by atoms with Crippen molar-refractivity contribution in [1.29, 1.82) is 0 Å². The van der Waals surface area contributed by atoms with E-state index in [0.717, 1.165) is 0 Å². The van der Waals surface area contributed by atoms with Gasteiger partial charge in [-0.2, -0.15) is 0 Å². The van der Waals surface area contributed by atoms with Crippen molar-refractivity contribution >= 4 is 5.97 Å². The van der Waals surface area contributed by atoms with E-state index in [0.29, 0.717) is 18.7 Å². The number of ether oxygens (including phenoxy) is 1. The van der Waals surface area contributed by atoms with Crippen LogP contribution in [0.15, 0.2) is 54.6 Å². The van der Waals surface area contributed by atoms with Gasteiger partial charge in [0, 0.05) is 6.54 Å². The molecule has 1 N–H and O–H groups in total. The van der Waals surface area contributed by atoms with Gasteiger partial charge in [-0.3, -0.25) is 5.32 Å². The minimum atomic E-state index is -0.268. The summed E-state index contributed by atoms with van der Waals surface area (Å²) < 4.78 is 5.37. The van der Waals surface area contributed by atoms with E-state index >= 15 is 0 Å². The van der Waals surface area contributed by atoms with Crippen LogP contribution in [0.1, 0.15) is 11.1 Å². The third-order valence-corrected chi connectivity index (χ3v) is 3.33. The lowest BCUT2D eigenvalue weighted by molar-refractivity contribution is -0.136. The first kappa shape index (κ1) is 11.9. The fraction of sp³-hybridized carbons (Fsp3) is 0.188. The van der Waals surface area contributed by atoms with Crippen molar-refractivity contribution in [3.05, 3.63) is 65.7 Å². The number of carbonyl (C=O) groups excluding carboxylic acids is 1. The first-order valence-electron chi connectivity index (χ1n) is 6.40. The van der Waals surface area contributed by atoms with E-state index < -0.39 is 0 Å². The highest BCUT2D eigenvalue weighted by molar-refractivity contribution is 5.79. The van der Waals surface area contributed by atoms with Crippen LogP contribution in [0.25, 0.3) is 0 Å². The molecule has 0 amide bonds. The molecule has 0 bridgehead atoms. The summed E-state index contributed by atoms with van der Waals surface area (Å²) in [6.07, 6.45) is 0.682. The zero-order chi connectivity index (χ0) is 13.1. The highest BCUT2D eigenvalue weighted by Crippen LogP contribution is 2.18. The molecule has 3 rings (SSSR count). The molecule has 96 valence electrons. The van der Waals surface area contributed by atoms with Gasteiger partial charge in [-0.25, -0.2) is 4.79 Å². The topological polar surface area (TPSA) is 38.3 Å². The molecule has 2 aromatic rings. The summed E-state index contributed by atoms with van der Waals surface area (Å²) in [7, 11) is 0. The van der Waals surface area contributed by atoms with Crippen LogP contribution in [0.3, 0.4) is 0 Å². The molecule has 0 saturated heterocycles. The van der Waals surface area contributed by atoms with Gasteiger partial charge in [0.05, 0.1) is 0 Å². The van der Waals surface area contributed by atoms with Crippen LogP contribution in [-0.2, 0) is 17.8 Å². The molecule has 0 radical (unpaired) electrons. The van der Waals surface area contributed by atoms with Crippen LogP contribution >= 0.6 is 0 Å². The first-order valence-corrected chi connectivity index (χ1v) is 6.40. The largest absolute Gasteiger partial charge is 0.425 e. The number of esters is 1. The quantitative estimate of drug-likeness (QED) is 0.659. The minimum absolute atomic E-state index is 0.222. The van der Waals surface area contributed by atoms with E-state index in [1.807, 2.05) is 30.3 Å². The predicted molar refractivity (Wildman–Crippen MR) is 72.9 cm³/mol. The molecule has 0 spiro atoms. The van der Waals surface area contributed by atoms with Crippen molar-refractivity contribution in [2.24, 2.45) is 0 Å². The molecule has 0 unspecified atom stereocenters. The number of hydrogen-bond donors (Lipinski definition) is 1. The summed E-state index contributed by atoms with van der Waals surface area (Å²) in [5, 5.41) is 3.22. The van der Waals surface area contributed by atoms with Gasteiger partial charge < -0.3 is 4.74 Å². The smallest absolute Gasteiger partial charge is 0.328 e. The zero-order valence-corrected chi connectivity index (χ0v) is 10.5. The third kappa shape index (κ3) is 2.66.